The molecule has 2 aliphatic rings. The normalized spacial score (nSPS) is 15.7. The Balaban J connectivity index is 1.18. The van der Waals surface area contributed by atoms with E-state index in [-0.39, 0.29) is 17.5 Å². The van der Waals surface area contributed by atoms with Gasteiger partial charge in [0, 0.05) is 43.1 Å². The molecule has 1 aliphatic heterocycles. The summed E-state index contributed by atoms with van der Waals surface area (Å²) in [4.78, 5) is 45.9. The summed E-state index contributed by atoms with van der Waals surface area (Å²) in [5.41, 5.74) is -0.690. The van der Waals surface area contributed by atoms with E-state index >= 15 is 0 Å². The Morgan fingerprint density at radius 1 is 0.949 bits per heavy atom. The van der Waals surface area contributed by atoms with Crippen molar-refractivity contribution in [2.45, 2.75) is 18.9 Å². The average molecular weight is 533 g/mol. The zero-order valence-corrected chi connectivity index (χ0v) is 21.6. The highest BCUT2D eigenvalue weighted by atomic mass is 19.1. The fraction of sp³-hybridized carbons (Fsp3) is 0.286. The van der Waals surface area contributed by atoms with E-state index < -0.39 is 23.0 Å². The molecule has 39 heavy (non-hydrogen) atoms. The number of anilines is 3. The van der Waals surface area contributed by atoms with Gasteiger partial charge in [-0.05, 0) is 57.3 Å². The molecule has 0 bridgehead atoms. The number of hydrogen-bond donors (Lipinski definition) is 3. The van der Waals surface area contributed by atoms with Crippen molar-refractivity contribution in [3.8, 4) is 11.5 Å². The zero-order chi connectivity index (χ0) is 27.6. The van der Waals surface area contributed by atoms with E-state index in [4.69, 9.17) is 4.74 Å². The van der Waals surface area contributed by atoms with E-state index in [0.29, 0.717) is 49.2 Å². The summed E-state index contributed by atoms with van der Waals surface area (Å²) in [5.74, 6) is -0.847. The van der Waals surface area contributed by atoms with E-state index in [1.165, 1.54) is 24.4 Å². The van der Waals surface area contributed by atoms with Crippen LogP contribution in [-0.4, -0.2) is 65.9 Å². The van der Waals surface area contributed by atoms with Crippen LogP contribution < -0.4 is 20.7 Å². The summed E-state index contributed by atoms with van der Waals surface area (Å²) in [5, 5.41) is 8.02. The minimum absolute atomic E-state index is 0.0561. The first-order chi connectivity index (χ1) is 18.7. The second-order valence-electron chi connectivity index (χ2n) is 9.93. The molecule has 1 aliphatic carbocycles. The van der Waals surface area contributed by atoms with Crippen LogP contribution in [0.5, 0.6) is 11.5 Å². The number of ether oxygens (including phenoxy) is 1. The van der Waals surface area contributed by atoms with E-state index in [1.54, 1.807) is 35.2 Å². The first-order valence-electron chi connectivity index (χ1n) is 12.6. The van der Waals surface area contributed by atoms with Crippen LogP contribution in [0.15, 0.2) is 66.9 Å². The van der Waals surface area contributed by atoms with Gasteiger partial charge in [-0.3, -0.25) is 14.9 Å². The van der Waals surface area contributed by atoms with Crippen LogP contribution in [0.25, 0.3) is 0 Å². The molecule has 1 aromatic heterocycles. The van der Waals surface area contributed by atoms with Crippen LogP contribution >= 0.6 is 0 Å². The Bertz CT molecular complexity index is 1390. The number of rotatable bonds is 8. The van der Waals surface area contributed by atoms with E-state index in [0.717, 1.165) is 6.07 Å². The van der Waals surface area contributed by atoms with Gasteiger partial charge in [0.15, 0.2) is 0 Å². The monoisotopic (exact) mass is 532 g/mol. The van der Waals surface area contributed by atoms with Crippen LogP contribution in [0, 0.1) is 11.2 Å². The van der Waals surface area contributed by atoms with Crippen molar-refractivity contribution >= 4 is 35.0 Å². The number of carbonyl (C=O) groups excluding carboxylic acids is 3. The number of carbonyl (C=O) groups is 3. The van der Waals surface area contributed by atoms with Gasteiger partial charge in [-0.15, -0.1) is 0 Å². The molecule has 3 aromatic rings. The molecule has 0 spiro atoms. The topological polar surface area (TPSA) is 116 Å². The Morgan fingerprint density at radius 2 is 1.64 bits per heavy atom. The third-order valence-corrected chi connectivity index (χ3v) is 6.92. The lowest BCUT2D eigenvalue weighted by molar-refractivity contribution is -0.131. The number of hydrogen-bond acceptors (Lipinski definition) is 6. The highest BCUT2D eigenvalue weighted by Gasteiger charge is 2.56. The van der Waals surface area contributed by atoms with Gasteiger partial charge in [0.05, 0.1) is 5.69 Å². The number of likely N-dealkylation sites (tertiary alicyclic amines) is 1. The molecule has 10 nitrogen and oxygen atoms in total. The number of nitrogens with zero attached hydrogens (tertiary/aromatic N) is 3. The summed E-state index contributed by atoms with van der Waals surface area (Å²) in [6.45, 7) is 1.27. The van der Waals surface area contributed by atoms with Crippen molar-refractivity contribution in [2.24, 2.45) is 5.41 Å². The van der Waals surface area contributed by atoms with Crippen molar-refractivity contribution in [1.29, 1.82) is 0 Å². The SMILES string of the molecule is CN(C)C1CN(C(=O)Nc2cc(Oc3ccc(NC(=O)C4(C(=O)Nc5ccccc5)CC4)c(F)c3)ccn2)C1. The number of amides is 4. The summed E-state index contributed by atoms with van der Waals surface area (Å²) < 4.78 is 20.6. The average Bonchev–Trinajstić information content (AvgIpc) is 3.68. The Morgan fingerprint density at radius 3 is 2.31 bits per heavy atom. The minimum atomic E-state index is -1.22. The van der Waals surface area contributed by atoms with Crippen molar-refractivity contribution in [3.63, 3.8) is 0 Å². The van der Waals surface area contributed by atoms with Crippen molar-refractivity contribution in [2.75, 3.05) is 43.1 Å². The molecule has 1 saturated heterocycles. The molecule has 0 radical (unpaired) electrons. The maximum atomic E-state index is 14.9. The summed E-state index contributed by atoms with van der Waals surface area (Å²) in [7, 11) is 3.95. The highest BCUT2D eigenvalue weighted by Crippen LogP contribution is 2.47. The molecular formula is C28H29FN6O4. The maximum Gasteiger partial charge on any atom is 0.323 e. The third-order valence-electron chi connectivity index (χ3n) is 6.92. The minimum Gasteiger partial charge on any atom is -0.457 e. The van der Waals surface area contributed by atoms with Gasteiger partial charge in [0.1, 0.15) is 28.5 Å². The number of halogens is 1. The molecule has 2 heterocycles. The molecule has 0 atom stereocenters. The third kappa shape index (κ3) is 5.83. The lowest BCUT2D eigenvalue weighted by Crippen LogP contribution is -2.60. The molecule has 5 rings (SSSR count). The number of likely N-dealkylation sites (N-methyl/N-ethyl adjacent to an activating group) is 1. The summed E-state index contributed by atoms with van der Waals surface area (Å²) in [6.07, 6.45) is 2.24. The molecular weight excluding hydrogens is 503 g/mol. The van der Waals surface area contributed by atoms with Crippen LogP contribution in [0.2, 0.25) is 0 Å². The summed E-state index contributed by atoms with van der Waals surface area (Å²) >= 11 is 0. The molecule has 202 valence electrons. The smallest absolute Gasteiger partial charge is 0.323 e. The predicted molar refractivity (Wildman–Crippen MR) is 144 cm³/mol. The number of nitrogens with one attached hydrogen (secondary N) is 3. The predicted octanol–water partition coefficient (Wildman–Crippen LogP) is 4.15. The van der Waals surface area contributed by atoms with Gasteiger partial charge in [-0.2, -0.15) is 0 Å². The molecule has 3 N–H and O–H groups in total. The zero-order valence-electron chi connectivity index (χ0n) is 21.6. The van der Waals surface area contributed by atoms with Gasteiger partial charge in [0.25, 0.3) is 0 Å². The van der Waals surface area contributed by atoms with Gasteiger partial charge < -0.3 is 25.2 Å². The Kier molecular flexibility index (Phi) is 7.16. The number of benzene rings is 2. The van der Waals surface area contributed by atoms with E-state index in [9.17, 15) is 18.8 Å². The number of aromatic nitrogens is 1. The molecule has 2 aromatic carbocycles. The number of para-hydroxylation sites is 1. The Hall–Kier alpha value is -4.51. The highest BCUT2D eigenvalue weighted by molar-refractivity contribution is 6.16. The largest absolute Gasteiger partial charge is 0.457 e. The first kappa shape index (κ1) is 26.1. The first-order valence-corrected chi connectivity index (χ1v) is 12.6. The van der Waals surface area contributed by atoms with Crippen molar-refractivity contribution < 1.29 is 23.5 Å². The quantitative estimate of drug-likeness (QED) is 0.376. The van der Waals surface area contributed by atoms with Crippen LogP contribution in [0.1, 0.15) is 12.8 Å². The summed E-state index contributed by atoms with van der Waals surface area (Å²) in [6, 6.07) is 16.1. The molecule has 4 amide bonds. The number of pyridine rings is 1. The van der Waals surface area contributed by atoms with E-state index in [2.05, 4.69) is 25.8 Å². The molecule has 2 fully saturated rings. The van der Waals surface area contributed by atoms with Crippen molar-refractivity contribution in [1.82, 2.24) is 14.8 Å². The fourth-order valence-electron chi connectivity index (χ4n) is 4.17. The second-order valence-corrected chi connectivity index (χ2v) is 9.93. The maximum absolute atomic E-state index is 14.9. The molecule has 1 saturated carbocycles. The second kappa shape index (κ2) is 10.7. The van der Waals surface area contributed by atoms with Crippen LogP contribution in [0.4, 0.5) is 26.4 Å². The number of urea groups is 1. The van der Waals surface area contributed by atoms with Gasteiger partial charge in [-0.1, -0.05) is 18.2 Å². The standard InChI is InChI=1S/C28H29FN6O4/c1-34(2)19-16-35(17-19)27(38)33-24-15-21(10-13-30-24)39-20-8-9-23(22(29)14-20)32-26(37)28(11-12-28)25(36)31-18-6-4-3-5-7-18/h3-10,13-15,19H,11-12,16-17H2,1-2H3,(H,31,36)(H,32,37)(H,30,33,38). The van der Waals surface area contributed by atoms with Gasteiger partial charge >= 0.3 is 6.03 Å². The van der Waals surface area contributed by atoms with Crippen LogP contribution in [-0.2, 0) is 9.59 Å². The lowest BCUT2D eigenvalue weighted by Gasteiger charge is -2.42. The van der Waals surface area contributed by atoms with Gasteiger partial charge in [0.2, 0.25) is 11.8 Å². The van der Waals surface area contributed by atoms with Gasteiger partial charge in [-0.25, -0.2) is 14.2 Å². The van der Waals surface area contributed by atoms with Crippen LogP contribution in [0.3, 0.4) is 0 Å². The lowest BCUT2D eigenvalue weighted by atomic mass is 10.0. The van der Waals surface area contributed by atoms with E-state index in [1.807, 2.05) is 20.2 Å². The molecule has 0 unspecified atom stereocenters. The Labute approximate surface area is 225 Å². The fourth-order valence-corrected chi connectivity index (χ4v) is 4.17. The molecule has 11 heteroatoms. The van der Waals surface area contributed by atoms with Crippen molar-refractivity contribution in [3.05, 3.63) is 72.7 Å².